The normalized spacial score (nSPS) is 10.7. The molecule has 0 aliphatic rings. The summed E-state index contributed by atoms with van der Waals surface area (Å²) < 4.78 is 12.9. The van der Waals surface area contributed by atoms with Crippen LogP contribution in [0, 0.1) is 0 Å². The van der Waals surface area contributed by atoms with Crippen LogP contribution in [0.25, 0.3) is 11.0 Å². The molecule has 1 aromatic heterocycles. The Bertz CT molecular complexity index is 441. The number of benzene rings is 1. The minimum atomic E-state index is -0.402. The Kier molecular flexibility index (Phi) is 2.67. The van der Waals surface area contributed by atoms with Gasteiger partial charge in [0.15, 0.2) is 0 Å². The number of anilines is 1. The molecular weight excluding hydrogens is 249 g/mol. The fraction of sp³-hybridized carbons (Fsp3) is 0.222. The predicted molar refractivity (Wildman–Crippen MR) is 58.3 cm³/mol. The van der Waals surface area contributed by atoms with E-state index in [9.17, 15) is 4.39 Å². The van der Waals surface area contributed by atoms with Crippen molar-refractivity contribution in [2.75, 3.05) is 18.5 Å². The van der Waals surface area contributed by atoms with Crippen LogP contribution in [-0.2, 0) is 0 Å². The summed E-state index contributed by atoms with van der Waals surface area (Å²) in [5.41, 5.74) is 1.80. The summed E-state index contributed by atoms with van der Waals surface area (Å²) in [5.74, 6) is 0.607. The molecule has 2 aromatic rings. The number of halogens is 2. The maximum atomic E-state index is 11.9. The Morgan fingerprint density at radius 1 is 1.50 bits per heavy atom. The molecule has 14 heavy (non-hydrogen) atoms. The second kappa shape index (κ2) is 3.96. The highest BCUT2D eigenvalue weighted by molar-refractivity contribution is 9.10. The molecule has 0 aliphatic heterocycles. The highest BCUT2D eigenvalue weighted by Gasteiger charge is 2.01. The van der Waals surface area contributed by atoms with Crippen LogP contribution in [0.2, 0.25) is 0 Å². The fourth-order valence-corrected chi connectivity index (χ4v) is 1.59. The van der Waals surface area contributed by atoms with Crippen LogP contribution < -0.4 is 5.32 Å². The van der Waals surface area contributed by atoms with Gasteiger partial charge in [-0.25, -0.2) is 9.37 Å². The molecule has 0 amide bonds. The minimum Gasteiger partial charge on any atom is -0.353 e. The Morgan fingerprint density at radius 3 is 3.14 bits per heavy atom. The van der Waals surface area contributed by atoms with E-state index in [1.54, 1.807) is 0 Å². The van der Waals surface area contributed by atoms with Gasteiger partial charge in [0.2, 0.25) is 5.95 Å². The standard InChI is InChI=1S/C9H9BrFN3/c10-6-1-2-7-8(5-6)14-9(13-7)12-4-3-11/h1-2,5H,3-4H2,(H2,12,13,14). The lowest BCUT2D eigenvalue weighted by molar-refractivity contribution is 0.512. The number of hydrogen-bond acceptors (Lipinski definition) is 2. The lowest BCUT2D eigenvalue weighted by Gasteiger charge is -1.95. The predicted octanol–water partition coefficient (Wildman–Crippen LogP) is 2.71. The number of hydrogen-bond donors (Lipinski definition) is 2. The average Bonchev–Trinajstić information content (AvgIpc) is 2.56. The SMILES string of the molecule is FCCNc1nc2ccc(Br)cc2[nH]1. The first-order chi connectivity index (χ1) is 6.79. The number of nitrogens with one attached hydrogen (secondary N) is 2. The van der Waals surface area contributed by atoms with Crippen molar-refractivity contribution in [1.82, 2.24) is 9.97 Å². The van der Waals surface area contributed by atoms with Crippen LogP contribution in [0.4, 0.5) is 10.3 Å². The lowest BCUT2D eigenvalue weighted by Crippen LogP contribution is -2.03. The molecule has 0 saturated carbocycles. The van der Waals surface area contributed by atoms with E-state index in [1.165, 1.54) is 0 Å². The van der Waals surface area contributed by atoms with E-state index in [-0.39, 0.29) is 6.54 Å². The zero-order chi connectivity index (χ0) is 9.97. The van der Waals surface area contributed by atoms with Crippen molar-refractivity contribution >= 4 is 32.9 Å². The molecule has 2 rings (SSSR count). The van der Waals surface area contributed by atoms with Crippen molar-refractivity contribution in [3.63, 3.8) is 0 Å². The largest absolute Gasteiger partial charge is 0.353 e. The van der Waals surface area contributed by atoms with E-state index in [0.29, 0.717) is 5.95 Å². The lowest BCUT2D eigenvalue weighted by atomic mass is 10.3. The van der Waals surface area contributed by atoms with Gasteiger partial charge in [0.25, 0.3) is 0 Å². The molecule has 0 saturated heterocycles. The molecule has 1 heterocycles. The quantitative estimate of drug-likeness (QED) is 0.888. The number of aromatic nitrogens is 2. The third-order valence-corrected chi connectivity index (χ3v) is 2.32. The highest BCUT2D eigenvalue weighted by Crippen LogP contribution is 2.19. The maximum absolute atomic E-state index is 11.9. The van der Waals surface area contributed by atoms with E-state index in [2.05, 4.69) is 31.2 Å². The van der Waals surface area contributed by atoms with Crippen LogP contribution in [0.5, 0.6) is 0 Å². The van der Waals surface area contributed by atoms with Crippen LogP contribution in [0.3, 0.4) is 0 Å². The summed E-state index contributed by atoms with van der Waals surface area (Å²) in [6.07, 6.45) is 0. The molecule has 3 nitrogen and oxygen atoms in total. The molecule has 0 bridgehead atoms. The molecule has 0 fully saturated rings. The first-order valence-corrected chi connectivity index (χ1v) is 5.04. The number of imidazole rings is 1. The zero-order valence-electron chi connectivity index (χ0n) is 7.35. The van der Waals surface area contributed by atoms with Gasteiger partial charge in [-0.2, -0.15) is 0 Å². The van der Waals surface area contributed by atoms with Gasteiger partial charge < -0.3 is 10.3 Å². The van der Waals surface area contributed by atoms with E-state index in [0.717, 1.165) is 15.5 Å². The molecule has 1 aromatic carbocycles. The molecule has 0 unspecified atom stereocenters. The topological polar surface area (TPSA) is 40.7 Å². The van der Waals surface area contributed by atoms with Crippen molar-refractivity contribution in [2.24, 2.45) is 0 Å². The summed E-state index contributed by atoms with van der Waals surface area (Å²) in [6, 6.07) is 5.75. The molecule has 0 aliphatic carbocycles. The molecule has 74 valence electrons. The molecule has 0 atom stereocenters. The third-order valence-electron chi connectivity index (χ3n) is 1.83. The zero-order valence-corrected chi connectivity index (χ0v) is 8.94. The number of alkyl halides is 1. The van der Waals surface area contributed by atoms with E-state index in [4.69, 9.17) is 0 Å². The van der Waals surface area contributed by atoms with Gasteiger partial charge >= 0.3 is 0 Å². The first kappa shape index (κ1) is 9.45. The second-order valence-electron chi connectivity index (χ2n) is 2.86. The van der Waals surface area contributed by atoms with E-state index >= 15 is 0 Å². The highest BCUT2D eigenvalue weighted by atomic mass is 79.9. The molecular formula is C9H9BrFN3. The summed E-state index contributed by atoms with van der Waals surface area (Å²) in [6.45, 7) is -0.123. The molecule has 5 heteroatoms. The number of H-pyrrole nitrogens is 1. The molecule has 0 radical (unpaired) electrons. The van der Waals surface area contributed by atoms with Crippen molar-refractivity contribution in [1.29, 1.82) is 0 Å². The average molecular weight is 258 g/mol. The van der Waals surface area contributed by atoms with Gasteiger partial charge in [-0.3, -0.25) is 0 Å². The van der Waals surface area contributed by atoms with Crippen LogP contribution in [-0.4, -0.2) is 23.2 Å². The summed E-state index contributed by atoms with van der Waals surface area (Å²) in [7, 11) is 0. The van der Waals surface area contributed by atoms with Gasteiger partial charge in [-0.15, -0.1) is 0 Å². The third kappa shape index (κ3) is 1.87. The second-order valence-corrected chi connectivity index (χ2v) is 3.78. The van der Waals surface area contributed by atoms with Crippen LogP contribution >= 0.6 is 15.9 Å². The molecule has 2 N–H and O–H groups in total. The van der Waals surface area contributed by atoms with E-state index < -0.39 is 6.67 Å². The Hall–Kier alpha value is -1.10. The van der Waals surface area contributed by atoms with Gasteiger partial charge in [0, 0.05) is 11.0 Å². The van der Waals surface area contributed by atoms with E-state index in [1.807, 2.05) is 18.2 Å². The van der Waals surface area contributed by atoms with Crippen molar-refractivity contribution in [2.45, 2.75) is 0 Å². The smallest absolute Gasteiger partial charge is 0.201 e. The Morgan fingerprint density at radius 2 is 2.36 bits per heavy atom. The summed E-state index contributed by atoms with van der Waals surface area (Å²) in [4.78, 5) is 7.29. The molecule has 0 spiro atoms. The number of aromatic amines is 1. The minimum absolute atomic E-state index is 0.279. The summed E-state index contributed by atoms with van der Waals surface area (Å²) in [5, 5.41) is 2.85. The maximum Gasteiger partial charge on any atom is 0.201 e. The Labute approximate surface area is 88.9 Å². The van der Waals surface area contributed by atoms with Crippen molar-refractivity contribution < 1.29 is 4.39 Å². The Balaban J connectivity index is 2.32. The fourth-order valence-electron chi connectivity index (χ4n) is 1.23. The van der Waals surface area contributed by atoms with Gasteiger partial charge in [0.1, 0.15) is 6.67 Å². The van der Waals surface area contributed by atoms with Crippen LogP contribution in [0.1, 0.15) is 0 Å². The van der Waals surface area contributed by atoms with Crippen molar-refractivity contribution in [3.05, 3.63) is 22.7 Å². The number of fused-ring (bicyclic) bond motifs is 1. The monoisotopic (exact) mass is 257 g/mol. The number of nitrogens with zero attached hydrogens (tertiary/aromatic N) is 1. The van der Waals surface area contributed by atoms with Crippen molar-refractivity contribution in [3.8, 4) is 0 Å². The first-order valence-electron chi connectivity index (χ1n) is 4.25. The summed E-state index contributed by atoms with van der Waals surface area (Å²) >= 11 is 3.37. The van der Waals surface area contributed by atoms with Gasteiger partial charge in [-0.1, -0.05) is 15.9 Å². The van der Waals surface area contributed by atoms with Gasteiger partial charge in [0.05, 0.1) is 11.0 Å². The van der Waals surface area contributed by atoms with Gasteiger partial charge in [-0.05, 0) is 18.2 Å². The number of rotatable bonds is 3. The van der Waals surface area contributed by atoms with Crippen LogP contribution in [0.15, 0.2) is 22.7 Å².